The lowest BCUT2D eigenvalue weighted by atomic mass is 9.93. The molecule has 17 nitrogen and oxygen atoms in total. The molecule has 0 unspecified atom stereocenters. The van der Waals surface area contributed by atoms with Gasteiger partial charge in [0.05, 0.1) is 30.8 Å². The zero-order valence-corrected chi connectivity index (χ0v) is 29.1. The summed E-state index contributed by atoms with van der Waals surface area (Å²) < 4.78 is 30.0. The van der Waals surface area contributed by atoms with Crippen LogP contribution in [0.3, 0.4) is 0 Å². The number of hydrogen-bond donors (Lipinski definition) is 6. The SMILES string of the molecule is C#CCN1C(=O)COc2cc(F)c(N3C(=O)C4=C(CCCC4)C3=O)cc21.CCNc1nc(Cl)nc(NC(C)C)n1.O=C(O)CNCP(=O)(O)O. The number of imide groups is 1. The van der Waals surface area contributed by atoms with Crippen molar-refractivity contribution in [3.8, 4) is 18.1 Å². The Hall–Kier alpha value is -4.66. The summed E-state index contributed by atoms with van der Waals surface area (Å²) >= 11 is 5.73. The predicted octanol–water partition coefficient (Wildman–Crippen LogP) is 2.50. The molecule has 0 atom stereocenters. The highest BCUT2D eigenvalue weighted by Gasteiger charge is 2.41. The van der Waals surface area contributed by atoms with Gasteiger partial charge in [0.2, 0.25) is 17.2 Å². The minimum Gasteiger partial charge on any atom is -0.481 e. The summed E-state index contributed by atoms with van der Waals surface area (Å²) in [5, 5.41) is 16.3. The monoisotopic (exact) mass is 738 g/mol. The molecule has 0 saturated heterocycles. The number of amides is 3. The van der Waals surface area contributed by atoms with Gasteiger partial charge < -0.3 is 30.3 Å². The van der Waals surface area contributed by atoms with E-state index in [1.807, 2.05) is 20.8 Å². The lowest BCUT2D eigenvalue weighted by Crippen LogP contribution is -2.39. The lowest BCUT2D eigenvalue weighted by Gasteiger charge is -2.29. The van der Waals surface area contributed by atoms with Gasteiger partial charge in [-0.2, -0.15) is 15.0 Å². The molecule has 5 rings (SSSR count). The molecule has 1 aliphatic carbocycles. The van der Waals surface area contributed by atoms with Crippen LogP contribution in [0.2, 0.25) is 5.28 Å². The van der Waals surface area contributed by atoms with Gasteiger partial charge in [0, 0.05) is 29.8 Å². The van der Waals surface area contributed by atoms with Gasteiger partial charge in [0.25, 0.3) is 17.7 Å². The van der Waals surface area contributed by atoms with Crippen molar-refractivity contribution in [3.63, 3.8) is 0 Å². The number of hydrogen-bond acceptors (Lipinski definition) is 12. The first-order valence-corrected chi connectivity index (χ1v) is 17.4. The largest absolute Gasteiger partial charge is 0.481 e. The summed E-state index contributed by atoms with van der Waals surface area (Å²) in [4.78, 5) is 77.7. The molecule has 20 heteroatoms. The van der Waals surface area contributed by atoms with E-state index in [1.165, 1.54) is 11.0 Å². The van der Waals surface area contributed by atoms with Crippen molar-refractivity contribution >= 4 is 66.2 Å². The molecule has 0 spiro atoms. The second-order valence-electron chi connectivity index (χ2n) is 11.1. The van der Waals surface area contributed by atoms with Crippen LogP contribution in [0, 0.1) is 18.2 Å². The first kappa shape index (κ1) is 39.8. The molecule has 3 amide bonds. The third-order valence-corrected chi connectivity index (χ3v) is 7.61. The second-order valence-corrected chi connectivity index (χ2v) is 13.1. The topological polar surface area (TPSA) is 237 Å². The van der Waals surface area contributed by atoms with E-state index in [4.69, 9.17) is 37.7 Å². The Kier molecular flexibility index (Phi) is 14.2. The summed E-state index contributed by atoms with van der Waals surface area (Å²) in [7, 11) is -4.10. The fourth-order valence-electron chi connectivity index (χ4n) is 4.82. The van der Waals surface area contributed by atoms with Gasteiger partial charge in [-0.15, -0.1) is 6.42 Å². The van der Waals surface area contributed by atoms with Crippen LogP contribution in [0.4, 0.5) is 27.7 Å². The first-order chi connectivity index (χ1) is 23.6. The van der Waals surface area contributed by atoms with E-state index in [0.29, 0.717) is 35.9 Å². The molecule has 3 aliphatic rings. The van der Waals surface area contributed by atoms with E-state index >= 15 is 0 Å². The quantitative estimate of drug-likeness (QED) is 0.117. The maximum Gasteiger partial charge on any atom is 0.339 e. The van der Waals surface area contributed by atoms with E-state index in [0.717, 1.165) is 30.4 Å². The Morgan fingerprint density at radius 1 is 1.10 bits per heavy atom. The van der Waals surface area contributed by atoms with Crippen LogP contribution in [0.5, 0.6) is 5.75 Å². The summed E-state index contributed by atoms with van der Waals surface area (Å²) in [6, 6.07) is 2.63. The minimum absolute atomic E-state index is 0.0170. The molecule has 3 heterocycles. The normalized spacial score (nSPS) is 15.2. The van der Waals surface area contributed by atoms with Gasteiger partial charge in [-0.3, -0.25) is 34.0 Å². The number of rotatable bonds is 10. The third kappa shape index (κ3) is 10.9. The molecular weight excluding hydrogens is 702 g/mol. The number of aromatic nitrogens is 3. The number of halogens is 2. The fraction of sp³-hybridized carbons (Fsp3) is 0.433. The number of carbonyl (C=O) groups excluding carboxylic acids is 3. The van der Waals surface area contributed by atoms with E-state index in [1.54, 1.807) is 0 Å². The molecule has 0 saturated carbocycles. The summed E-state index contributed by atoms with van der Waals surface area (Å²) in [5.74, 6) is 0.253. The zero-order chi connectivity index (χ0) is 37.2. The van der Waals surface area contributed by atoms with Crippen LogP contribution in [-0.4, -0.2) is 92.1 Å². The van der Waals surface area contributed by atoms with Crippen molar-refractivity contribution in [2.45, 2.75) is 52.5 Å². The van der Waals surface area contributed by atoms with Gasteiger partial charge >= 0.3 is 13.6 Å². The van der Waals surface area contributed by atoms with Crippen molar-refractivity contribution in [3.05, 3.63) is 34.4 Å². The van der Waals surface area contributed by atoms with Gasteiger partial charge in [-0.1, -0.05) is 5.92 Å². The van der Waals surface area contributed by atoms with Gasteiger partial charge in [0.15, 0.2) is 12.4 Å². The number of ether oxygens (including phenoxy) is 1. The summed E-state index contributed by atoms with van der Waals surface area (Å²) in [5.41, 5.74) is 0.992. The number of terminal acetylenes is 1. The third-order valence-electron chi connectivity index (χ3n) is 6.81. The van der Waals surface area contributed by atoms with Crippen molar-refractivity contribution in [1.29, 1.82) is 0 Å². The number of benzene rings is 1. The molecule has 1 aromatic carbocycles. The van der Waals surface area contributed by atoms with Crippen LogP contribution < -0.4 is 30.5 Å². The van der Waals surface area contributed by atoms with Crippen LogP contribution >= 0.6 is 19.2 Å². The van der Waals surface area contributed by atoms with Gasteiger partial charge in [0.1, 0.15) is 5.75 Å². The number of anilines is 4. The number of carboxylic acid groups (broad SMARTS) is 1. The highest BCUT2D eigenvalue weighted by Crippen LogP contribution is 2.41. The van der Waals surface area contributed by atoms with Crippen molar-refractivity contribution in [2.24, 2.45) is 0 Å². The molecule has 2 aliphatic heterocycles. The average Bonchev–Trinajstić information content (AvgIpc) is 3.27. The molecule has 1 aromatic heterocycles. The summed E-state index contributed by atoms with van der Waals surface area (Å²) in [6.45, 7) is 6.02. The Morgan fingerprint density at radius 3 is 2.26 bits per heavy atom. The molecule has 2 aromatic rings. The smallest absolute Gasteiger partial charge is 0.339 e. The first-order valence-electron chi connectivity index (χ1n) is 15.3. The Balaban J connectivity index is 0.000000237. The Labute approximate surface area is 291 Å². The molecular formula is C30H37ClFN8O9P. The molecule has 270 valence electrons. The number of carboxylic acids is 1. The predicted molar refractivity (Wildman–Crippen MR) is 181 cm³/mol. The van der Waals surface area contributed by atoms with Gasteiger partial charge in [-0.25, -0.2) is 9.29 Å². The van der Waals surface area contributed by atoms with Crippen LogP contribution in [0.25, 0.3) is 0 Å². The van der Waals surface area contributed by atoms with Crippen molar-refractivity contribution < 1.29 is 47.8 Å². The molecule has 0 bridgehead atoms. The van der Waals surface area contributed by atoms with Crippen molar-refractivity contribution in [2.75, 3.05) is 53.0 Å². The Bertz CT molecular complexity index is 1720. The lowest BCUT2D eigenvalue weighted by molar-refractivity contribution is -0.136. The zero-order valence-electron chi connectivity index (χ0n) is 27.4. The fourth-order valence-corrected chi connectivity index (χ4v) is 5.39. The molecule has 6 N–H and O–H groups in total. The van der Waals surface area contributed by atoms with E-state index in [2.05, 4.69) is 36.8 Å². The minimum atomic E-state index is -4.10. The number of fused-ring (bicyclic) bond motifs is 1. The number of nitrogens with zero attached hydrogens (tertiary/aromatic N) is 5. The van der Waals surface area contributed by atoms with Crippen LogP contribution in [0.15, 0.2) is 23.3 Å². The highest BCUT2D eigenvalue weighted by atomic mass is 35.5. The van der Waals surface area contributed by atoms with E-state index in [-0.39, 0.29) is 47.5 Å². The Morgan fingerprint density at radius 2 is 1.72 bits per heavy atom. The molecule has 0 radical (unpaired) electrons. The molecule has 0 fully saturated rings. The highest BCUT2D eigenvalue weighted by molar-refractivity contribution is 7.51. The standard InChI is InChI=1S/C19H15FN2O4.C8H14ClN5.C3H8NO5P/c1-2-7-21-15-9-14(13(20)8-16(15)26-10-17(21)23)22-18(24)11-5-3-4-6-12(11)19(22)25;1-4-10-7-12-6(9)13-8(14-7)11-5(2)3;5-3(6)1-4-2-10(7,8)9/h1,8-9H,3-7,10H2;5H,4H2,1-3H3,(H2,10,11,12,13,14);4H,1-2H2,(H,5,6)(H2,7,8,9). The van der Waals surface area contributed by atoms with Crippen molar-refractivity contribution in [1.82, 2.24) is 20.3 Å². The maximum absolute atomic E-state index is 14.7. The van der Waals surface area contributed by atoms with Gasteiger partial charge in [-0.05, 0) is 64.1 Å². The maximum atomic E-state index is 14.7. The number of carbonyl (C=O) groups is 4. The average molecular weight is 739 g/mol. The van der Waals surface area contributed by atoms with E-state index < -0.39 is 44.0 Å². The molecule has 50 heavy (non-hydrogen) atoms. The number of aliphatic carboxylic acids is 1. The summed E-state index contributed by atoms with van der Waals surface area (Å²) in [6.07, 6.45) is 7.41. The van der Waals surface area contributed by atoms with E-state index in [9.17, 15) is 28.1 Å². The van der Waals surface area contributed by atoms with Crippen LogP contribution in [-0.2, 0) is 23.7 Å². The van der Waals surface area contributed by atoms with Crippen LogP contribution in [0.1, 0.15) is 46.5 Å². The second kappa shape index (κ2) is 17.8. The number of nitrogens with one attached hydrogen (secondary N) is 3.